The van der Waals surface area contributed by atoms with Crippen LogP contribution in [-0.2, 0) is 0 Å². The van der Waals surface area contributed by atoms with Crippen LogP contribution in [0.1, 0.15) is 10.4 Å². The molecule has 2 rings (SSSR count). The molecule has 1 amide bonds. The first-order valence-corrected chi connectivity index (χ1v) is 6.26. The van der Waals surface area contributed by atoms with E-state index in [1.54, 1.807) is 18.5 Å². The highest BCUT2D eigenvalue weighted by Gasteiger charge is 2.20. The molecule has 6 heteroatoms. The fraction of sp³-hybridized carbons (Fsp3) is 0.400. The minimum absolute atomic E-state index is 0.00125. The van der Waals surface area contributed by atoms with Gasteiger partial charge in [0.05, 0.1) is 11.3 Å². The SMILES string of the molecule is NNc1ccncc1C(=O)N1CCSCC1. The molecule has 1 aromatic heterocycles. The van der Waals surface area contributed by atoms with Gasteiger partial charge in [-0.15, -0.1) is 0 Å². The number of nitrogens with zero attached hydrogens (tertiary/aromatic N) is 2. The average Bonchev–Trinajstić information content (AvgIpc) is 2.39. The Morgan fingerprint density at radius 3 is 2.94 bits per heavy atom. The molecule has 0 aromatic carbocycles. The van der Waals surface area contributed by atoms with Gasteiger partial charge < -0.3 is 10.3 Å². The zero-order valence-corrected chi connectivity index (χ0v) is 9.67. The standard InChI is InChI=1S/C10H14N4OS/c11-13-9-1-2-12-7-8(9)10(15)14-3-5-16-6-4-14/h1-2,7H,3-6,11H2,(H,12,13). The predicted molar refractivity (Wildman–Crippen MR) is 65.3 cm³/mol. The van der Waals surface area contributed by atoms with Gasteiger partial charge in [0.2, 0.25) is 0 Å². The molecule has 0 atom stereocenters. The number of thioether (sulfide) groups is 1. The number of pyridine rings is 1. The highest BCUT2D eigenvalue weighted by molar-refractivity contribution is 7.99. The molecule has 1 aromatic rings. The number of nitrogen functional groups attached to an aromatic ring is 1. The minimum atomic E-state index is 0.00125. The lowest BCUT2D eigenvalue weighted by molar-refractivity contribution is 0.0773. The highest BCUT2D eigenvalue weighted by atomic mass is 32.2. The molecular formula is C10H14N4OS. The maximum absolute atomic E-state index is 12.2. The minimum Gasteiger partial charge on any atom is -0.337 e. The lowest BCUT2D eigenvalue weighted by Crippen LogP contribution is -2.38. The third-order valence-corrected chi connectivity index (χ3v) is 3.45. The average molecular weight is 238 g/mol. The van der Waals surface area contributed by atoms with Crippen molar-refractivity contribution in [3.63, 3.8) is 0 Å². The van der Waals surface area contributed by atoms with Gasteiger partial charge in [-0.2, -0.15) is 11.8 Å². The fourth-order valence-corrected chi connectivity index (χ4v) is 2.53. The van der Waals surface area contributed by atoms with E-state index in [2.05, 4.69) is 10.4 Å². The van der Waals surface area contributed by atoms with Crippen LogP contribution in [0, 0.1) is 0 Å². The van der Waals surface area contributed by atoms with Crippen LogP contribution in [0.5, 0.6) is 0 Å². The first-order chi connectivity index (χ1) is 7.83. The van der Waals surface area contributed by atoms with Gasteiger partial charge in [0.15, 0.2) is 0 Å². The molecule has 86 valence electrons. The number of hydrogen-bond donors (Lipinski definition) is 2. The number of aromatic nitrogens is 1. The number of hydrogen-bond acceptors (Lipinski definition) is 5. The van der Waals surface area contributed by atoms with E-state index in [0.29, 0.717) is 11.3 Å². The molecule has 5 nitrogen and oxygen atoms in total. The molecule has 0 saturated carbocycles. The molecule has 0 bridgehead atoms. The second kappa shape index (κ2) is 5.18. The van der Waals surface area contributed by atoms with Gasteiger partial charge in [0.1, 0.15) is 0 Å². The summed E-state index contributed by atoms with van der Waals surface area (Å²) in [5.74, 6) is 7.36. The molecule has 0 radical (unpaired) electrons. The summed E-state index contributed by atoms with van der Waals surface area (Å²) in [5, 5.41) is 0. The number of nitrogens with two attached hydrogens (primary N) is 1. The maximum atomic E-state index is 12.2. The van der Waals surface area contributed by atoms with Crippen molar-refractivity contribution < 1.29 is 4.79 Å². The van der Waals surface area contributed by atoms with E-state index in [-0.39, 0.29) is 5.91 Å². The summed E-state index contributed by atoms with van der Waals surface area (Å²) in [7, 11) is 0. The molecule has 0 aliphatic carbocycles. The zero-order valence-electron chi connectivity index (χ0n) is 8.85. The Labute approximate surface area is 98.4 Å². The smallest absolute Gasteiger partial charge is 0.257 e. The van der Waals surface area contributed by atoms with Crippen molar-refractivity contribution in [2.45, 2.75) is 0 Å². The summed E-state index contributed by atoms with van der Waals surface area (Å²) in [5.41, 5.74) is 3.69. The molecule has 16 heavy (non-hydrogen) atoms. The van der Waals surface area contributed by atoms with Gasteiger partial charge in [-0.3, -0.25) is 15.6 Å². The van der Waals surface area contributed by atoms with Crippen LogP contribution in [0.2, 0.25) is 0 Å². The van der Waals surface area contributed by atoms with Crippen LogP contribution >= 0.6 is 11.8 Å². The van der Waals surface area contributed by atoms with Gasteiger partial charge >= 0.3 is 0 Å². The summed E-state index contributed by atoms with van der Waals surface area (Å²) in [6.45, 7) is 1.59. The van der Waals surface area contributed by atoms with E-state index in [0.717, 1.165) is 24.6 Å². The number of carbonyl (C=O) groups excluding carboxylic acids is 1. The number of carbonyl (C=O) groups is 1. The normalized spacial score (nSPS) is 15.9. The van der Waals surface area contributed by atoms with Crippen LogP contribution in [0.15, 0.2) is 18.5 Å². The molecule has 2 heterocycles. The topological polar surface area (TPSA) is 71.2 Å². The van der Waals surface area contributed by atoms with Crippen molar-refractivity contribution in [1.29, 1.82) is 0 Å². The molecule has 1 saturated heterocycles. The van der Waals surface area contributed by atoms with Gasteiger partial charge in [0, 0.05) is 37.0 Å². The van der Waals surface area contributed by atoms with Crippen LogP contribution in [0.4, 0.5) is 5.69 Å². The highest BCUT2D eigenvalue weighted by Crippen LogP contribution is 2.17. The maximum Gasteiger partial charge on any atom is 0.257 e. The molecule has 1 aliphatic rings. The second-order valence-corrected chi connectivity index (χ2v) is 4.69. The third kappa shape index (κ3) is 2.28. The summed E-state index contributed by atoms with van der Waals surface area (Å²) < 4.78 is 0. The van der Waals surface area contributed by atoms with Crippen molar-refractivity contribution in [3.05, 3.63) is 24.0 Å². The summed E-state index contributed by atoms with van der Waals surface area (Å²) >= 11 is 1.87. The van der Waals surface area contributed by atoms with Crippen molar-refractivity contribution in [3.8, 4) is 0 Å². The Balaban J connectivity index is 2.19. The van der Waals surface area contributed by atoms with Gasteiger partial charge in [-0.05, 0) is 6.07 Å². The van der Waals surface area contributed by atoms with Crippen LogP contribution in [0.25, 0.3) is 0 Å². The van der Waals surface area contributed by atoms with Crippen molar-refractivity contribution in [2.24, 2.45) is 5.84 Å². The number of rotatable bonds is 2. The van der Waals surface area contributed by atoms with Gasteiger partial charge in [0.25, 0.3) is 5.91 Å². The Kier molecular flexibility index (Phi) is 3.63. The molecule has 1 aliphatic heterocycles. The van der Waals surface area contributed by atoms with E-state index < -0.39 is 0 Å². The van der Waals surface area contributed by atoms with E-state index in [1.807, 2.05) is 16.7 Å². The Bertz CT molecular complexity index is 379. The molecule has 0 unspecified atom stereocenters. The third-order valence-electron chi connectivity index (χ3n) is 2.51. The second-order valence-electron chi connectivity index (χ2n) is 3.47. The lowest BCUT2D eigenvalue weighted by Gasteiger charge is -2.26. The van der Waals surface area contributed by atoms with E-state index in [1.165, 1.54) is 0 Å². The fourth-order valence-electron chi connectivity index (χ4n) is 1.63. The molecule has 3 N–H and O–H groups in total. The quantitative estimate of drug-likeness (QED) is 0.582. The zero-order chi connectivity index (χ0) is 11.4. The first kappa shape index (κ1) is 11.2. The Morgan fingerprint density at radius 2 is 2.25 bits per heavy atom. The molecular weight excluding hydrogens is 224 g/mol. The predicted octanol–water partition coefficient (Wildman–Crippen LogP) is 0.556. The van der Waals surface area contributed by atoms with Crippen LogP contribution < -0.4 is 11.3 Å². The number of hydrazine groups is 1. The first-order valence-electron chi connectivity index (χ1n) is 5.10. The largest absolute Gasteiger partial charge is 0.337 e. The van der Waals surface area contributed by atoms with Gasteiger partial charge in [-0.25, -0.2) is 0 Å². The van der Waals surface area contributed by atoms with Crippen molar-refractivity contribution in [2.75, 3.05) is 30.0 Å². The molecule has 1 fully saturated rings. The number of anilines is 1. The number of nitrogens with one attached hydrogen (secondary N) is 1. The van der Waals surface area contributed by atoms with E-state index in [9.17, 15) is 4.79 Å². The van der Waals surface area contributed by atoms with Crippen molar-refractivity contribution in [1.82, 2.24) is 9.88 Å². The lowest BCUT2D eigenvalue weighted by atomic mass is 10.2. The summed E-state index contributed by atoms with van der Waals surface area (Å²) in [4.78, 5) is 18.0. The van der Waals surface area contributed by atoms with E-state index >= 15 is 0 Å². The van der Waals surface area contributed by atoms with E-state index in [4.69, 9.17) is 5.84 Å². The van der Waals surface area contributed by atoms with Crippen molar-refractivity contribution >= 4 is 23.4 Å². The van der Waals surface area contributed by atoms with Crippen LogP contribution in [0.3, 0.4) is 0 Å². The van der Waals surface area contributed by atoms with Gasteiger partial charge in [-0.1, -0.05) is 0 Å². The summed E-state index contributed by atoms with van der Waals surface area (Å²) in [6.07, 6.45) is 3.16. The summed E-state index contributed by atoms with van der Waals surface area (Å²) in [6, 6.07) is 1.70. The Hall–Kier alpha value is -1.27. The molecule has 0 spiro atoms. The number of amides is 1. The van der Waals surface area contributed by atoms with Crippen LogP contribution in [-0.4, -0.2) is 40.4 Å². The Morgan fingerprint density at radius 1 is 1.50 bits per heavy atom. The monoisotopic (exact) mass is 238 g/mol.